The summed E-state index contributed by atoms with van der Waals surface area (Å²) in [4.78, 5) is 29.8. The maximum Gasteiger partial charge on any atom is 0.278 e. The molecule has 130 valence electrons. The molecule has 2 aromatic carbocycles. The van der Waals surface area contributed by atoms with Gasteiger partial charge >= 0.3 is 0 Å². The number of rotatable bonds is 2. The average Bonchev–Trinajstić information content (AvgIpc) is 2.63. The first kappa shape index (κ1) is 16.1. The van der Waals surface area contributed by atoms with Crippen molar-refractivity contribution < 1.29 is 14.3 Å². The Bertz CT molecular complexity index is 1040. The average molecular weight is 347 g/mol. The molecule has 0 saturated heterocycles. The van der Waals surface area contributed by atoms with Gasteiger partial charge in [-0.2, -0.15) is 0 Å². The Morgan fingerprint density at radius 1 is 1.19 bits per heavy atom. The molecule has 0 spiro atoms. The molecule has 1 aromatic heterocycles. The van der Waals surface area contributed by atoms with Gasteiger partial charge in [0.15, 0.2) is 0 Å². The summed E-state index contributed by atoms with van der Waals surface area (Å²) in [6.07, 6.45) is 1.65. The summed E-state index contributed by atoms with van der Waals surface area (Å²) in [6.45, 7) is 3.37. The van der Waals surface area contributed by atoms with Crippen LogP contribution in [0.1, 0.15) is 12.5 Å². The van der Waals surface area contributed by atoms with Gasteiger partial charge in [0.25, 0.3) is 17.4 Å². The van der Waals surface area contributed by atoms with Crippen molar-refractivity contribution in [3.05, 3.63) is 60.3 Å². The lowest BCUT2D eigenvalue weighted by Gasteiger charge is -2.33. The van der Waals surface area contributed by atoms with Crippen molar-refractivity contribution in [2.45, 2.75) is 19.4 Å². The van der Waals surface area contributed by atoms with Gasteiger partial charge in [-0.1, -0.05) is 24.3 Å². The first-order valence-corrected chi connectivity index (χ1v) is 8.24. The van der Waals surface area contributed by atoms with Crippen molar-refractivity contribution in [1.82, 2.24) is 4.98 Å². The summed E-state index contributed by atoms with van der Waals surface area (Å²) in [5.41, 5.74) is 1.05. The van der Waals surface area contributed by atoms with Crippen LogP contribution in [0.25, 0.3) is 10.9 Å². The molecular formula is C20H17N3O3. The molecule has 2 N–H and O–H groups in total. The van der Waals surface area contributed by atoms with E-state index in [9.17, 15) is 9.59 Å². The number of ether oxygens (including phenoxy) is 1. The molecule has 2 heterocycles. The number of benzene rings is 2. The van der Waals surface area contributed by atoms with Crippen LogP contribution in [0.3, 0.4) is 0 Å². The highest BCUT2D eigenvalue weighted by Gasteiger charge is 2.47. The summed E-state index contributed by atoms with van der Waals surface area (Å²) in [6, 6.07) is 14.6. The zero-order valence-electron chi connectivity index (χ0n) is 14.4. The highest BCUT2D eigenvalue weighted by atomic mass is 16.5. The number of aryl methyl sites for hydroxylation is 1. The van der Waals surface area contributed by atoms with Crippen LogP contribution in [0.5, 0.6) is 5.75 Å². The van der Waals surface area contributed by atoms with Crippen LogP contribution in [0.4, 0.5) is 11.4 Å². The van der Waals surface area contributed by atoms with Crippen molar-refractivity contribution in [3.63, 3.8) is 0 Å². The van der Waals surface area contributed by atoms with Crippen LogP contribution < -0.4 is 15.4 Å². The number of carbonyl (C=O) groups excluding carboxylic acids is 2. The fourth-order valence-corrected chi connectivity index (χ4v) is 2.93. The van der Waals surface area contributed by atoms with Gasteiger partial charge in [0.1, 0.15) is 5.75 Å². The minimum absolute atomic E-state index is 0.462. The summed E-state index contributed by atoms with van der Waals surface area (Å²) >= 11 is 0. The largest absolute Gasteiger partial charge is 0.466 e. The van der Waals surface area contributed by atoms with E-state index in [0.717, 1.165) is 10.9 Å². The third kappa shape index (κ3) is 2.56. The minimum atomic E-state index is -1.68. The number of fused-ring (bicyclic) bond motifs is 2. The van der Waals surface area contributed by atoms with E-state index in [-0.39, 0.29) is 0 Å². The Balaban J connectivity index is 1.67. The third-order valence-corrected chi connectivity index (χ3v) is 4.44. The van der Waals surface area contributed by atoms with Crippen LogP contribution in [0.2, 0.25) is 0 Å². The molecule has 3 aromatic rings. The molecule has 2 amide bonds. The minimum Gasteiger partial charge on any atom is -0.466 e. The lowest BCUT2D eigenvalue weighted by molar-refractivity contribution is -0.143. The molecule has 0 fully saturated rings. The number of anilines is 2. The van der Waals surface area contributed by atoms with Gasteiger partial charge in [0, 0.05) is 11.6 Å². The maximum atomic E-state index is 12.9. The van der Waals surface area contributed by atoms with Crippen molar-refractivity contribution in [1.29, 1.82) is 0 Å². The van der Waals surface area contributed by atoms with E-state index in [1.54, 1.807) is 24.4 Å². The van der Waals surface area contributed by atoms with E-state index >= 15 is 0 Å². The predicted molar refractivity (Wildman–Crippen MR) is 99.2 cm³/mol. The Hall–Kier alpha value is -3.41. The van der Waals surface area contributed by atoms with Gasteiger partial charge < -0.3 is 15.4 Å². The van der Waals surface area contributed by atoms with E-state index < -0.39 is 17.4 Å². The Morgan fingerprint density at radius 2 is 2.00 bits per heavy atom. The van der Waals surface area contributed by atoms with Crippen molar-refractivity contribution in [2.75, 3.05) is 10.6 Å². The number of nitrogens with one attached hydrogen (secondary N) is 2. The molecule has 0 aliphatic carbocycles. The first-order chi connectivity index (χ1) is 12.5. The molecule has 4 rings (SSSR count). The number of pyridine rings is 1. The lowest BCUT2D eigenvalue weighted by Crippen LogP contribution is -2.56. The van der Waals surface area contributed by atoms with E-state index in [0.29, 0.717) is 22.6 Å². The van der Waals surface area contributed by atoms with Crippen LogP contribution >= 0.6 is 0 Å². The molecule has 6 nitrogen and oxygen atoms in total. The predicted octanol–water partition coefficient (Wildman–Crippen LogP) is 3.27. The summed E-state index contributed by atoms with van der Waals surface area (Å²) in [5.74, 6) is -0.607. The fourth-order valence-electron chi connectivity index (χ4n) is 2.93. The molecule has 1 aliphatic rings. The van der Waals surface area contributed by atoms with Gasteiger partial charge in [0.2, 0.25) is 0 Å². The SMILES string of the molecule is Cc1ccc2c(c1)NC(=O)C(C)(C(=O)Nc1cccc3cccnc13)O2. The van der Waals surface area contributed by atoms with Gasteiger partial charge in [0.05, 0.1) is 16.9 Å². The standard InChI is InChI=1S/C20H17N3O3/c1-12-8-9-16-15(11-12)23-19(25)20(2,26-16)18(24)22-14-7-3-5-13-6-4-10-21-17(13)14/h3-11H,1-2H3,(H,22,24)(H,23,25). The molecule has 0 saturated carbocycles. The van der Waals surface area contributed by atoms with E-state index in [4.69, 9.17) is 4.74 Å². The Labute approximate surface area is 150 Å². The first-order valence-electron chi connectivity index (χ1n) is 8.24. The monoisotopic (exact) mass is 347 g/mol. The normalized spacial score (nSPS) is 18.6. The van der Waals surface area contributed by atoms with Gasteiger partial charge in [-0.3, -0.25) is 14.6 Å². The number of aromatic nitrogens is 1. The van der Waals surface area contributed by atoms with Crippen LogP contribution in [0, 0.1) is 6.92 Å². The molecule has 26 heavy (non-hydrogen) atoms. The van der Waals surface area contributed by atoms with E-state index in [1.165, 1.54) is 6.92 Å². The molecule has 0 radical (unpaired) electrons. The zero-order chi connectivity index (χ0) is 18.3. The third-order valence-electron chi connectivity index (χ3n) is 4.44. The van der Waals surface area contributed by atoms with Crippen LogP contribution in [0.15, 0.2) is 54.7 Å². The van der Waals surface area contributed by atoms with Crippen molar-refractivity contribution in [3.8, 4) is 5.75 Å². The van der Waals surface area contributed by atoms with Gasteiger partial charge in [-0.15, -0.1) is 0 Å². The van der Waals surface area contributed by atoms with E-state index in [2.05, 4.69) is 15.6 Å². The second kappa shape index (κ2) is 5.84. The second-order valence-corrected chi connectivity index (χ2v) is 6.42. The number of para-hydroxylation sites is 1. The molecule has 0 bridgehead atoms. The summed E-state index contributed by atoms with van der Waals surface area (Å²) < 4.78 is 5.79. The Morgan fingerprint density at radius 3 is 2.85 bits per heavy atom. The molecule has 1 aliphatic heterocycles. The molecule has 1 atom stereocenters. The van der Waals surface area contributed by atoms with Crippen LogP contribution in [-0.4, -0.2) is 22.4 Å². The summed E-state index contributed by atoms with van der Waals surface area (Å²) in [5, 5.41) is 6.43. The van der Waals surface area contributed by atoms with Crippen LogP contribution in [-0.2, 0) is 9.59 Å². The smallest absolute Gasteiger partial charge is 0.278 e. The number of carbonyl (C=O) groups is 2. The lowest BCUT2D eigenvalue weighted by atomic mass is 10.0. The Kier molecular flexibility index (Phi) is 3.61. The topological polar surface area (TPSA) is 80.3 Å². The van der Waals surface area contributed by atoms with Crippen molar-refractivity contribution in [2.24, 2.45) is 0 Å². The fraction of sp³-hybridized carbons (Fsp3) is 0.150. The zero-order valence-corrected chi connectivity index (χ0v) is 14.4. The number of nitrogens with zero attached hydrogens (tertiary/aromatic N) is 1. The van der Waals surface area contributed by atoms with Gasteiger partial charge in [-0.05, 0) is 43.7 Å². The number of hydrogen-bond acceptors (Lipinski definition) is 4. The maximum absolute atomic E-state index is 12.9. The van der Waals surface area contributed by atoms with Gasteiger partial charge in [-0.25, -0.2) is 0 Å². The van der Waals surface area contributed by atoms with Crippen molar-refractivity contribution >= 4 is 34.1 Å². The summed E-state index contributed by atoms with van der Waals surface area (Å²) in [7, 11) is 0. The molecular weight excluding hydrogens is 330 g/mol. The van der Waals surface area contributed by atoms with E-state index in [1.807, 2.05) is 37.3 Å². The molecule has 1 unspecified atom stereocenters. The number of amides is 2. The number of hydrogen-bond donors (Lipinski definition) is 2. The quantitative estimate of drug-likeness (QED) is 0.697. The highest BCUT2D eigenvalue weighted by Crippen LogP contribution is 2.35. The highest BCUT2D eigenvalue weighted by molar-refractivity contribution is 6.20. The molecule has 6 heteroatoms. The second-order valence-electron chi connectivity index (χ2n) is 6.42.